The largest absolute Gasteiger partial charge is 0.457 e. The van der Waals surface area contributed by atoms with Crippen LogP contribution in [0.1, 0.15) is 56.6 Å². The molecule has 28 heavy (non-hydrogen) atoms. The molecule has 4 N–H and O–H groups in total. The summed E-state index contributed by atoms with van der Waals surface area (Å²) in [7, 11) is 0. The molecule has 1 heterocycles. The van der Waals surface area contributed by atoms with Gasteiger partial charge in [0.1, 0.15) is 11.5 Å². The van der Waals surface area contributed by atoms with Crippen LogP contribution in [0.3, 0.4) is 0 Å². The SMILES string of the molecule is CC.Cc1ccc(Oc2ccc(C3CCCC4CCSN=C43)cc2)cc1.O.O. The summed E-state index contributed by atoms with van der Waals surface area (Å²) in [5.41, 5.74) is 4.07. The maximum absolute atomic E-state index is 5.95. The Hall–Kier alpha value is -1.82. The van der Waals surface area contributed by atoms with Gasteiger partial charge in [-0.2, -0.15) is 0 Å². The zero-order valence-electron chi connectivity index (χ0n) is 17.1. The van der Waals surface area contributed by atoms with Gasteiger partial charge in [0.05, 0.1) is 0 Å². The van der Waals surface area contributed by atoms with Gasteiger partial charge in [0.15, 0.2) is 0 Å². The minimum Gasteiger partial charge on any atom is -0.457 e. The van der Waals surface area contributed by atoms with E-state index >= 15 is 0 Å². The number of fused-ring (bicyclic) bond motifs is 1. The third kappa shape index (κ3) is 5.84. The molecule has 2 aliphatic rings. The predicted molar refractivity (Wildman–Crippen MR) is 121 cm³/mol. The Morgan fingerprint density at radius 1 is 0.857 bits per heavy atom. The predicted octanol–water partition coefficient (Wildman–Crippen LogP) is 5.54. The number of hydrogen-bond donors (Lipinski definition) is 0. The van der Waals surface area contributed by atoms with Crippen LogP contribution in [0.15, 0.2) is 52.9 Å². The van der Waals surface area contributed by atoms with E-state index in [0.717, 1.165) is 11.5 Å². The molecule has 2 atom stereocenters. The van der Waals surface area contributed by atoms with E-state index < -0.39 is 0 Å². The second-order valence-electron chi connectivity index (χ2n) is 6.80. The van der Waals surface area contributed by atoms with E-state index in [2.05, 4.69) is 43.3 Å². The average Bonchev–Trinajstić information content (AvgIpc) is 2.71. The lowest BCUT2D eigenvalue weighted by Crippen LogP contribution is -2.29. The van der Waals surface area contributed by atoms with Crippen LogP contribution in [-0.2, 0) is 0 Å². The molecule has 0 saturated heterocycles. The molecule has 0 aromatic heterocycles. The number of hydrogen-bond acceptors (Lipinski definition) is 3. The van der Waals surface area contributed by atoms with Gasteiger partial charge in [-0.05, 0) is 73.9 Å². The Morgan fingerprint density at radius 2 is 1.46 bits per heavy atom. The molecule has 1 saturated carbocycles. The fourth-order valence-corrected chi connectivity index (χ4v) is 4.65. The third-order valence-corrected chi connectivity index (χ3v) is 5.85. The Morgan fingerprint density at radius 3 is 2.11 bits per heavy atom. The molecule has 2 aromatic rings. The van der Waals surface area contributed by atoms with Gasteiger partial charge in [-0.3, -0.25) is 0 Å². The number of nitrogens with zero attached hydrogens (tertiary/aromatic N) is 1. The summed E-state index contributed by atoms with van der Waals surface area (Å²) in [5.74, 6) is 4.19. The Labute approximate surface area is 173 Å². The van der Waals surface area contributed by atoms with Gasteiger partial charge in [-0.1, -0.05) is 50.1 Å². The molecule has 2 unspecified atom stereocenters. The highest BCUT2D eigenvalue weighted by Crippen LogP contribution is 2.40. The highest BCUT2D eigenvalue weighted by Gasteiger charge is 2.31. The monoisotopic (exact) mass is 403 g/mol. The van der Waals surface area contributed by atoms with Crippen molar-refractivity contribution in [2.24, 2.45) is 10.3 Å². The summed E-state index contributed by atoms with van der Waals surface area (Å²) in [6, 6.07) is 16.8. The summed E-state index contributed by atoms with van der Waals surface area (Å²) in [6.45, 7) is 6.09. The molecule has 2 aromatic carbocycles. The van der Waals surface area contributed by atoms with Crippen LogP contribution in [0, 0.1) is 12.8 Å². The van der Waals surface area contributed by atoms with Crippen LogP contribution in [0.4, 0.5) is 0 Å². The molecule has 0 radical (unpaired) electrons. The normalized spacial score (nSPS) is 20.2. The standard InChI is InChI=1S/C21H23NOS.C2H6.2H2O/c1-15-5-9-18(10-6-15)23-19-11-7-16(8-12-19)20-4-2-3-17-13-14-24-22-21(17)20;1-2;;/h5-12,17,20H,2-4,13-14H2,1H3;1-2H3;2*1H2. The first kappa shape index (κ1) is 24.2. The van der Waals surface area contributed by atoms with Crippen molar-refractivity contribution in [2.45, 2.75) is 52.4 Å². The highest BCUT2D eigenvalue weighted by atomic mass is 32.2. The smallest absolute Gasteiger partial charge is 0.127 e. The van der Waals surface area contributed by atoms with Crippen LogP contribution < -0.4 is 4.74 Å². The Kier molecular flexibility index (Phi) is 10.3. The number of aryl methyl sites for hydroxylation is 1. The minimum absolute atomic E-state index is 0. The molecule has 1 aliphatic carbocycles. The Balaban J connectivity index is 0.000000950. The summed E-state index contributed by atoms with van der Waals surface area (Å²) in [4.78, 5) is 0. The van der Waals surface area contributed by atoms with Gasteiger partial charge < -0.3 is 15.7 Å². The van der Waals surface area contributed by atoms with Gasteiger partial charge >= 0.3 is 0 Å². The molecule has 1 fully saturated rings. The lowest BCUT2D eigenvalue weighted by Gasteiger charge is -2.33. The second-order valence-corrected chi connectivity index (χ2v) is 7.65. The zero-order valence-corrected chi connectivity index (χ0v) is 17.9. The van der Waals surface area contributed by atoms with Crippen molar-refractivity contribution >= 4 is 17.7 Å². The van der Waals surface area contributed by atoms with E-state index in [1.807, 2.05) is 26.0 Å². The van der Waals surface area contributed by atoms with E-state index in [9.17, 15) is 0 Å². The third-order valence-electron chi connectivity index (χ3n) is 5.09. The number of rotatable bonds is 3. The van der Waals surface area contributed by atoms with E-state index in [0.29, 0.717) is 11.8 Å². The molecular weight excluding hydrogens is 370 g/mol. The molecule has 5 heteroatoms. The first-order valence-electron chi connectivity index (χ1n) is 9.84. The lowest BCUT2D eigenvalue weighted by atomic mass is 9.75. The van der Waals surface area contributed by atoms with Crippen molar-refractivity contribution in [3.63, 3.8) is 0 Å². The fourth-order valence-electron chi connectivity index (χ4n) is 3.74. The minimum atomic E-state index is 0. The second kappa shape index (κ2) is 11.9. The fraction of sp³-hybridized carbons (Fsp3) is 0.435. The van der Waals surface area contributed by atoms with E-state index in [1.165, 1.54) is 48.3 Å². The molecule has 0 spiro atoms. The van der Waals surface area contributed by atoms with Gasteiger partial charge in [-0.25, -0.2) is 4.40 Å². The van der Waals surface area contributed by atoms with Gasteiger partial charge in [0.25, 0.3) is 0 Å². The average molecular weight is 404 g/mol. The van der Waals surface area contributed by atoms with Crippen LogP contribution >= 0.6 is 11.9 Å². The van der Waals surface area contributed by atoms with Crippen molar-refractivity contribution in [3.8, 4) is 11.5 Å². The molecule has 4 rings (SSSR count). The summed E-state index contributed by atoms with van der Waals surface area (Å²) in [6.07, 6.45) is 5.17. The first-order chi connectivity index (χ1) is 12.8. The maximum atomic E-state index is 5.95. The van der Waals surface area contributed by atoms with Crippen molar-refractivity contribution in [2.75, 3.05) is 5.75 Å². The van der Waals surface area contributed by atoms with Gasteiger partial charge in [0, 0.05) is 17.4 Å². The van der Waals surface area contributed by atoms with Gasteiger partial charge in [-0.15, -0.1) is 0 Å². The summed E-state index contributed by atoms with van der Waals surface area (Å²) in [5, 5.41) is 0. The highest BCUT2D eigenvalue weighted by molar-refractivity contribution is 7.98. The molecular formula is C23H33NO3S. The molecule has 0 amide bonds. The summed E-state index contributed by atoms with van der Waals surface area (Å²) < 4.78 is 10.8. The number of ether oxygens (including phenoxy) is 1. The van der Waals surface area contributed by atoms with Crippen molar-refractivity contribution < 1.29 is 15.7 Å². The first-order valence-corrected chi connectivity index (χ1v) is 10.8. The van der Waals surface area contributed by atoms with Crippen LogP contribution in [0.2, 0.25) is 0 Å². The van der Waals surface area contributed by atoms with Crippen molar-refractivity contribution in [1.82, 2.24) is 0 Å². The molecule has 1 aliphatic heterocycles. The quantitative estimate of drug-likeness (QED) is 0.630. The molecule has 154 valence electrons. The number of benzene rings is 2. The van der Waals surface area contributed by atoms with Crippen LogP contribution in [-0.4, -0.2) is 22.4 Å². The maximum Gasteiger partial charge on any atom is 0.127 e. The van der Waals surface area contributed by atoms with E-state index in [4.69, 9.17) is 9.13 Å². The Bertz CT molecular complexity index is 729. The van der Waals surface area contributed by atoms with Crippen molar-refractivity contribution in [3.05, 3.63) is 59.7 Å². The van der Waals surface area contributed by atoms with Crippen LogP contribution in [0.5, 0.6) is 11.5 Å². The van der Waals surface area contributed by atoms with Crippen molar-refractivity contribution in [1.29, 1.82) is 0 Å². The molecule has 0 bridgehead atoms. The lowest BCUT2D eigenvalue weighted by molar-refractivity contribution is 0.479. The van der Waals surface area contributed by atoms with E-state index in [-0.39, 0.29) is 11.0 Å². The van der Waals surface area contributed by atoms with Crippen LogP contribution in [0.25, 0.3) is 0 Å². The summed E-state index contributed by atoms with van der Waals surface area (Å²) >= 11 is 1.75. The topological polar surface area (TPSA) is 84.6 Å². The van der Waals surface area contributed by atoms with Gasteiger partial charge in [0.2, 0.25) is 0 Å². The molecule has 4 nitrogen and oxygen atoms in total. The zero-order chi connectivity index (χ0) is 18.4. The van der Waals surface area contributed by atoms with E-state index in [1.54, 1.807) is 11.9 Å².